The Balaban J connectivity index is 1.85. The maximum Gasteiger partial charge on any atom is 0.335 e. The molecular weight excluding hydrogens is 382 g/mol. The molecule has 0 spiro atoms. The molecule has 5 nitrogen and oxygen atoms in total. The lowest BCUT2D eigenvalue weighted by Crippen LogP contribution is -2.05. The van der Waals surface area contributed by atoms with Crippen LogP contribution in [-0.4, -0.2) is 25.6 Å². The van der Waals surface area contributed by atoms with Gasteiger partial charge >= 0.3 is 5.97 Å². The van der Waals surface area contributed by atoms with Crippen molar-refractivity contribution < 1.29 is 9.90 Å². The van der Waals surface area contributed by atoms with Crippen LogP contribution in [0, 0.1) is 6.92 Å². The van der Waals surface area contributed by atoms with Crippen molar-refractivity contribution in [3.05, 3.63) is 70.2 Å². The number of carboxylic acid groups (broad SMARTS) is 1. The molecule has 0 amide bonds. The van der Waals surface area contributed by atoms with Gasteiger partial charge in [-0.15, -0.1) is 0 Å². The summed E-state index contributed by atoms with van der Waals surface area (Å²) in [6.07, 6.45) is 1.81. The van der Waals surface area contributed by atoms with E-state index in [1.54, 1.807) is 18.2 Å². The molecule has 0 aliphatic rings. The fourth-order valence-electron chi connectivity index (χ4n) is 3.08. The lowest BCUT2D eigenvalue weighted by Gasteiger charge is -2.10. The van der Waals surface area contributed by atoms with E-state index in [1.165, 1.54) is 0 Å². The van der Waals surface area contributed by atoms with Crippen LogP contribution in [0.25, 0.3) is 21.8 Å². The minimum absolute atomic E-state index is 0.240. The van der Waals surface area contributed by atoms with E-state index in [-0.39, 0.29) is 5.56 Å². The second kappa shape index (κ2) is 5.97. The number of carbonyl (C=O) groups is 1. The lowest BCUT2D eigenvalue weighted by molar-refractivity contribution is 0.0697. The van der Waals surface area contributed by atoms with Crippen molar-refractivity contribution in [2.45, 2.75) is 13.5 Å². The SMILES string of the molecule is Cc1nc2cc(C(=O)O)ccc2n1Cc1ncc(Br)c2ccccc12. The first-order valence-electron chi connectivity index (χ1n) is 7.77. The van der Waals surface area contributed by atoms with Gasteiger partial charge in [-0.05, 0) is 46.4 Å². The van der Waals surface area contributed by atoms with Crippen LogP contribution in [0.15, 0.2) is 53.1 Å². The maximum atomic E-state index is 11.2. The van der Waals surface area contributed by atoms with Gasteiger partial charge in [0.1, 0.15) is 5.82 Å². The van der Waals surface area contributed by atoms with Crippen LogP contribution in [0.3, 0.4) is 0 Å². The predicted molar refractivity (Wildman–Crippen MR) is 100.0 cm³/mol. The summed E-state index contributed by atoms with van der Waals surface area (Å²) < 4.78 is 3.02. The molecular formula is C19H14BrN3O2. The van der Waals surface area contributed by atoms with Gasteiger partial charge in [-0.2, -0.15) is 0 Å². The minimum atomic E-state index is -0.949. The van der Waals surface area contributed by atoms with Crippen molar-refractivity contribution in [1.82, 2.24) is 14.5 Å². The van der Waals surface area contributed by atoms with E-state index in [2.05, 4.69) is 42.6 Å². The van der Waals surface area contributed by atoms with E-state index >= 15 is 0 Å². The molecule has 6 heteroatoms. The van der Waals surface area contributed by atoms with Crippen LogP contribution in [0.4, 0.5) is 0 Å². The molecule has 0 aliphatic heterocycles. The predicted octanol–water partition coefficient (Wildman–Crippen LogP) is 4.40. The van der Waals surface area contributed by atoms with Crippen LogP contribution < -0.4 is 0 Å². The summed E-state index contributed by atoms with van der Waals surface area (Å²) >= 11 is 3.55. The largest absolute Gasteiger partial charge is 0.478 e. The van der Waals surface area contributed by atoms with E-state index in [0.717, 1.165) is 32.3 Å². The van der Waals surface area contributed by atoms with Crippen molar-refractivity contribution in [2.75, 3.05) is 0 Å². The molecule has 4 aromatic rings. The third kappa shape index (κ3) is 2.68. The Morgan fingerprint density at radius 1 is 1.20 bits per heavy atom. The number of fused-ring (bicyclic) bond motifs is 2. The molecule has 2 heterocycles. The third-order valence-corrected chi connectivity index (χ3v) is 4.95. The van der Waals surface area contributed by atoms with Gasteiger partial charge in [0.05, 0.1) is 28.8 Å². The molecule has 0 bridgehead atoms. The quantitative estimate of drug-likeness (QED) is 0.557. The molecule has 2 aromatic heterocycles. The number of aromatic carboxylic acids is 1. The van der Waals surface area contributed by atoms with Gasteiger partial charge in [0.25, 0.3) is 0 Å². The van der Waals surface area contributed by atoms with Gasteiger partial charge in [-0.3, -0.25) is 4.98 Å². The number of hydrogen-bond acceptors (Lipinski definition) is 3. The van der Waals surface area contributed by atoms with Crippen molar-refractivity contribution in [1.29, 1.82) is 0 Å². The molecule has 0 saturated carbocycles. The topological polar surface area (TPSA) is 68.0 Å². The Bertz CT molecular complexity index is 1130. The van der Waals surface area contributed by atoms with Crippen LogP contribution in [0.1, 0.15) is 21.9 Å². The van der Waals surface area contributed by atoms with E-state index < -0.39 is 5.97 Å². The average molecular weight is 396 g/mol. The third-order valence-electron chi connectivity index (χ3n) is 4.32. The van der Waals surface area contributed by atoms with Crippen LogP contribution in [-0.2, 0) is 6.54 Å². The average Bonchev–Trinajstić information content (AvgIpc) is 2.92. The Kier molecular flexibility index (Phi) is 3.77. The summed E-state index contributed by atoms with van der Waals surface area (Å²) in [6, 6.07) is 13.1. The number of pyridine rings is 1. The first kappa shape index (κ1) is 15.8. The highest BCUT2D eigenvalue weighted by atomic mass is 79.9. The molecule has 0 aliphatic carbocycles. The first-order chi connectivity index (χ1) is 12.0. The zero-order valence-corrected chi connectivity index (χ0v) is 15.0. The Hall–Kier alpha value is -2.73. The van der Waals surface area contributed by atoms with E-state index in [0.29, 0.717) is 12.1 Å². The van der Waals surface area contributed by atoms with E-state index in [1.807, 2.05) is 25.3 Å². The molecule has 0 unspecified atom stereocenters. The fraction of sp³-hybridized carbons (Fsp3) is 0.105. The molecule has 1 N–H and O–H groups in total. The summed E-state index contributed by atoms with van der Waals surface area (Å²) in [5.74, 6) is -0.124. The van der Waals surface area contributed by atoms with Gasteiger partial charge in [-0.1, -0.05) is 24.3 Å². The van der Waals surface area contributed by atoms with Crippen molar-refractivity contribution in [3.63, 3.8) is 0 Å². The molecule has 2 aromatic carbocycles. The van der Waals surface area contributed by atoms with Crippen LogP contribution in [0.5, 0.6) is 0 Å². The smallest absolute Gasteiger partial charge is 0.335 e. The standard InChI is InChI=1S/C19H14BrN3O2/c1-11-22-16-8-12(19(24)25)6-7-18(16)23(11)10-17-14-5-3-2-4-13(14)15(20)9-21-17/h2-9H,10H2,1H3,(H,24,25). The van der Waals surface area contributed by atoms with Gasteiger partial charge in [-0.25, -0.2) is 9.78 Å². The molecule has 0 saturated heterocycles. The number of aryl methyl sites for hydroxylation is 1. The summed E-state index contributed by atoms with van der Waals surface area (Å²) in [4.78, 5) is 20.3. The molecule has 0 radical (unpaired) electrons. The lowest BCUT2D eigenvalue weighted by atomic mass is 10.1. The van der Waals surface area contributed by atoms with Gasteiger partial charge in [0.2, 0.25) is 0 Å². The summed E-state index contributed by atoms with van der Waals surface area (Å²) in [6.45, 7) is 2.49. The fourth-order valence-corrected chi connectivity index (χ4v) is 3.52. The van der Waals surface area contributed by atoms with Gasteiger partial charge < -0.3 is 9.67 Å². The molecule has 0 atom stereocenters. The second-order valence-electron chi connectivity index (χ2n) is 5.85. The highest BCUT2D eigenvalue weighted by Crippen LogP contribution is 2.27. The number of carboxylic acids is 1. The van der Waals surface area contributed by atoms with Crippen LogP contribution in [0.2, 0.25) is 0 Å². The number of imidazole rings is 1. The monoisotopic (exact) mass is 395 g/mol. The number of halogens is 1. The van der Waals surface area contributed by atoms with Crippen molar-refractivity contribution >= 4 is 43.7 Å². The normalized spacial score (nSPS) is 11.3. The molecule has 0 fully saturated rings. The summed E-state index contributed by atoms with van der Waals surface area (Å²) in [5.41, 5.74) is 2.77. The number of nitrogens with zero attached hydrogens (tertiary/aromatic N) is 3. The molecule has 124 valence electrons. The zero-order chi connectivity index (χ0) is 17.6. The highest BCUT2D eigenvalue weighted by molar-refractivity contribution is 9.10. The molecule has 25 heavy (non-hydrogen) atoms. The Morgan fingerprint density at radius 2 is 1.96 bits per heavy atom. The van der Waals surface area contributed by atoms with Gasteiger partial charge in [0, 0.05) is 16.1 Å². The zero-order valence-electron chi connectivity index (χ0n) is 13.4. The van der Waals surface area contributed by atoms with Gasteiger partial charge in [0.15, 0.2) is 0 Å². The Labute approximate surface area is 152 Å². The van der Waals surface area contributed by atoms with E-state index in [4.69, 9.17) is 5.11 Å². The maximum absolute atomic E-state index is 11.2. The van der Waals surface area contributed by atoms with Crippen molar-refractivity contribution in [3.8, 4) is 0 Å². The number of rotatable bonds is 3. The number of hydrogen-bond donors (Lipinski definition) is 1. The first-order valence-corrected chi connectivity index (χ1v) is 8.56. The van der Waals surface area contributed by atoms with Crippen LogP contribution >= 0.6 is 15.9 Å². The highest BCUT2D eigenvalue weighted by Gasteiger charge is 2.13. The van der Waals surface area contributed by atoms with Crippen molar-refractivity contribution in [2.24, 2.45) is 0 Å². The minimum Gasteiger partial charge on any atom is -0.478 e. The molecule has 4 rings (SSSR count). The number of aromatic nitrogens is 3. The summed E-state index contributed by atoms with van der Waals surface area (Å²) in [7, 11) is 0. The number of benzene rings is 2. The Morgan fingerprint density at radius 3 is 2.72 bits per heavy atom. The van der Waals surface area contributed by atoms with E-state index in [9.17, 15) is 4.79 Å². The summed E-state index contributed by atoms with van der Waals surface area (Å²) in [5, 5.41) is 11.3. The second-order valence-corrected chi connectivity index (χ2v) is 6.71.